The Balaban J connectivity index is 1.73. The standard InChI is InChI=1S/C25H29N2/c1-6-27-21(15-13-20-9-7-8-10-23(20)27)14-11-19-12-16-24-22(17-19)25(3,4)18(2)26(24)5/h7-18H,6H2,1-5H3/q+1/t18-/m0/s1. The zero-order valence-corrected chi connectivity index (χ0v) is 17.0. The van der Waals surface area contributed by atoms with Crippen molar-refractivity contribution >= 4 is 28.7 Å². The van der Waals surface area contributed by atoms with Gasteiger partial charge in [-0.2, -0.15) is 4.57 Å². The SMILES string of the molecule is CC[n+]1c(/C=C/c2ccc3c(c2)C(C)(C)[C@H](C)N3C)ccc2ccccc21. The number of rotatable bonds is 3. The molecule has 0 bridgehead atoms. The molecule has 2 nitrogen and oxygen atoms in total. The first-order valence-electron chi connectivity index (χ1n) is 9.90. The molecule has 1 aromatic heterocycles. The maximum atomic E-state index is 2.40. The fourth-order valence-corrected chi connectivity index (χ4v) is 4.36. The van der Waals surface area contributed by atoms with Crippen molar-refractivity contribution in [3.63, 3.8) is 0 Å². The van der Waals surface area contributed by atoms with Crippen molar-refractivity contribution in [1.82, 2.24) is 0 Å². The van der Waals surface area contributed by atoms with E-state index in [9.17, 15) is 0 Å². The molecule has 1 aliphatic rings. The minimum atomic E-state index is 0.167. The van der Waals surface area contributed by atoms with Gasteiger partial charge in [0.25, 0.3) is 0 Å². The van der Waals surface area contributed by atoms with E-state index < -0.39 is 0 Å². The Hall–Kier alpha value is -2.61. The molecular formula is C25H29N2+. The van der Waals surface area contributed by atoms with Gasteiger partial charge in [0.2, 0.25) is 11.2 Å². The highest BCUT2D eigenvalue weighted by Crippen LogP contribution is 2.44. The fraction of sp³-hybridized carbons (Fsp3) is 0.320. The number of hydrogen-bond acceptors (Lipinski definition) is 1. The molecule has 2 aromatic carbocycles. The van der Waals surface area contributed by atoms with Gasteiger partial charge >= 0.3 is 0 Å². The van der Waals surface area contributed by atoms with Gasteiger partial charge in [-0.1, -0.05) is 32.0 Å². The predicted octanol–water partition coefficient (Wildman–Crippen LogP) is 5.43. The van der Waals surface area contributed by atoms with E-state index in [1.54, 1.807) is 0 Å². The second-order valence-electron chi connectivity index (χ2n) is 8.18. The number of benzene rings is 2. The quantitative estimate of drug-likeness (QED) is 0.567. The second-order valence-corrected chi connectivity index (χ2v) is 8.18. The van der Waals surface area contributed by atoms with Gasteiger partial charge in [-0.05, 0) is 55.3 Å². The molecule has 1 atom stereocenters. The molecule has 138 valence electrons. The third-order valence-electron chi connectivity index (χ3n) is 6.46. The number of pyridine rings is 1. The Morgan fingerprint density at radius 3 is 2.59 bits per heavy atom. The van der Waals surface area contributed by atoms with Crippen molar-refractivity contribution in [2.75, 3.05) is 11.9 Å². The zero-order valence-electron chi connectivity index (χ0n) is 17.0. The van der Waals surface area contributed by atoms with Crippen LogP contribution in [0.5, 0.6) is 0 Å². The van der Waals surface area contributed by atoms with Gasteiger partial charge < -0.3 is 4.90 Å². The van der Waals surface area contributed by atoms with Crippen molar-refractivity contribution in [2.45, 2.75) is 45.7 Å². The molecule has 27 heavy (non-hydrogen) atoms. The molecule has 4 rings (SSSR count). The first-order valence-corrected chi connectivity index (χ1v) is 9.90. The van der Waals surface area contributed by atoms with Crippen molar-refractivity contribution in [3.8, 4) is 0 Å². The van der Waals surface area contributed by atoms with Gasteiger partial charge in [0, 0.05) is 47.8 Å². The molecule has 0 aliphatic carbocycles. The largest absolute Gasteiger partial charge is 0.371 e. The van der Waals surface area contributed by atoms with Crippen LogP contribution in [-0.2, 0) is 12.0 Å². The lowest BCUT2D eigenvalue weighted by atomic mass is 9.81. The molecule has 0 saturated heterocycles. The highest BCUT2D eigenvalue weighted by Gasteiger charge is 2.39. The summed E-state index contributed by atoms with van der Waals surface area (Å²) in [6.45, 7) is 10.2. The van der Waals surface area contributed by atoms with Crippen LogP contribution in [0.15, 0.2) is 54.6 Å². The van der Waals surface area contributed by atoms with Crippen molar-refractivity contribution in [2.24, 2.45) is 0 Å². The third-order valence-corrected chi connectivity index (χ3v) is 6.46. The molecule has 2 heteroatoms. The molecule has 0 N–H and O–H groups in total. The van der Waals surface area contributed by atoms with Crippen LogP contribution in [0.2, 0.25) is 0 Å². The van der Waals surface area contributed by atoms with Crippen LogP contribution in [-0.4, -0.2) is 13.1 Å². The van der Waals surface area contributed by atoms with Gasteiger partial charge in [-0.25, -0.2) is 0 Å². The maximum absolute atomic E-state index is 2.40. The predicted molar refractivity (Wildman–Crippen MR) is 116 cm³/mol. The van der Waals surface area contributed by atoms with E-state index in [0.29, 0.717) is 6.04 Å². The van der Waals surface area contributed by atoms with Crippen LogP contribution < -0.4 is 9.47 Å². The average Bonchev–Trinajstić information content (AvgIpc) is 2.86. The smallest absolute Gasteiger partial charge is 0.212 e. The first-order chi connectivity index (χ1) is 12.9. The van der Waals surface area contributed by atoms with Gasteiger partial charge in [-0.15, -0.1) is 0 Å². The Morgan fingerprint density at radius 1 is 1.04 bits per heavy atom. The number of anilines is 1. The summed E-state index contributed by atoms with van der Waals surface area (Å²) in [6.07, 6.45) is 4.49. The zero-order chi connectivity index (χ0) is 19.2. The topological polar surface area (TPSA) is 7.12 Å². The molecule has 0 radical (unpaired) electrons. The lowest BCUT2D eigenvalue weighted by Gasteiger charge is -2.28. The number of para-hydroxylation sites is 1. The van der Waals surface area contributed by atoms with Crippen molar-refractivity contribution in [3.05, 3.63) is 71.4 Å². The van der Waals surface area contributed by atoms with E-state index >= 15 is 0 Å². The molecule has 1 aliphatic heterocycles. The molecule has 0 saturated carbocycles. The molecule has 2 heterocycles. The normalized spacial score (nSPS) is 18.4. The minimum absolute atomic E-state index is 0.167. The van der Waals surface area contributed by atoms with E-state index in [1.165, 1.54) is 33.4 Å². The third kappa shape index (κ3) is 2.84. The van der Waals surface area contributed by atoms with Gasteiger partial charge in [-0.3, -0.25) is 0 Å². The number of likely N-dealkylation sites (N-methyl/N-ethyl adjacent to an activating group) is 1. The lowest BCUT2D eigenvalue weighted by Crippen LogP contribution is -2.36. The molecule has 3 aromatic rings. The Kier molecular flexibility index (Phi) is 4.30. The molecule has 0 unspecified atom stereocenters. The van der Waals surface area contributed by atoms with E-state index in [1.807, 2.05) is 0 Å². The first kappa shape index (κ1) is 17.8. The summed E-state index contributed by atoms with van der Waals surface area (Å²) in [5.74, 6) is 0. The van der Waals surface area contributed by atoms with Crippen molar-refractivity contribution < 1.29 is 4.57 Å². The van der Waals surface area contributed by atoms with E-state index in [4.69, 9.17) is 0 Å². The fourth-order valence-electron chi connectivity index (χ4n) is 4.36. The average molecular weight is 358 g/mol. The lowest BCUT2D eigenvalue weighted by molar-refractivity contribution is -0.669. The van der Waals surface area contributed by atoms with Crippen LogP contribution in [0, 0.1) is 0 Å². The maximum Gasteiger partial charge on any atom is 0.212 e. The summed E-state index contributed by atoms with van der Waals surface area (Å²) in [7, 11) is 2.20. The van der Waals surface area contributed by atoms with Gasteiger partial charge in [0.1, 0.15) is 6.54 Å². The monoisotopic (exact) mass is 357 g/mol. The van der Waals surface area contributed by atoms with Crippen LogP contribution in [0.3, 0.4) is 0 Å². The summed E-state index contributed by atoms with van der Waals surface area (Å²) in [6, 6.07) is 20.4. The second kappa shape index (κ2) is 6.53. The summed E-state index contributed by atoms with van der Waals surface area (Å²) in [5, 5.41) is 1.29. The molecule has 0 amide bonds. The van der Waals surface area contributed by atoms with E-state index in [0.717, 1.165) is 6.54 Å². The number of nitrogens with zero attached hydrogens (tertiary/aromatic N) is 2. The van der Waals surface area contributed by atoms with Crippen LogP contribution in [0.25, 0.3) is 23.1 Å². The molecule has 0 spiro atoms. The summed E-state index contributed by atoms with van der Waals surface area (Å²) >= 11 is 0. The van der Waals surface area contributed by atoms with Crippen LogP contribution in [0.1, 0.15) is 44.5 Å². The highest BCUT2D eigenvalue weighted by atomic mass is 15.2. The van der Waals surface area contributed by atoms with Gasteiger partial charge in [0.05, 0.1) is 0 Å². The minimum Gasteiger partial charge on any atom is -0.371 e. The number of fused-ring (bicyclic) bond motifs is 2. The van der Waals surface area contributed by atoms with Crippen molar-refractivity contribution in [1.29, 1.82) is 0 Å². The van der Waals surface area contributed by atoms with E-state index in [2.05, 4.69) is 111 Å². The van der Waals surface area contributed by atoms with E-state index in [-0.39, 0.29) is 5.41 Å². The summed E-state index contributed by atoms with van der Waals surface area (Å²) in [4.78, 5) is 2.40. The summed E-state index contributed by atoms with van der Waals surface area (Å²) < 4.78 is 2.37. The number of aromatic nitrogens is 1. The Bertz CT molecular complexity index is 1030. The Labute approximate surface area is 162 Å². The summed E-state index contributed by atoms with van der Waals surface area (Å²) in [5.41, 5.74) is 6.76. The Morgan fingerprint density at radius 2 is 1.81 bits per heavy atom. The molecule has 0 fully saturated rings. The highest BCUT2D eigenvalue weighted by molar-refractivity contribution is 5.78. The van der Waals surface area contributed by atoms with Gasteiger partial charge in [0.15, 0.2) is 0 Å². The number of hydrogen-bond donors (Lipinski definition) is 0. The van der Waals surface area contributed by atoms with Crippen LogP contribution >= 0.6 is 0 Å². The molecular weight excluding hydrogens is 328 g/mol. The number of aryl methyl sites for hydroxylation is 1. The van der Waals surface area contributed by atoms with Crippen LogP contribution in [0.4, 0.5) is 5.69 Å².